The second kappa shape index (κ2) is 15.0. The van der Waals surface area contributed by atoms with Crippen molar-refractivity contribution in [1.29, 1.82) is 0 Å². The molecule has 0 aliphatic rings. The van der Waals surface area contributed by atoms with Gasteiger partial charge in [-0.25, -0.2) is 14.8 Å². The van der Waals surface area contributed by atoms with Crippen molar-refractivity contribution < 1.29 is 24.2 Å². The number of rotatable bonds is 13. The molecule has 0 aliphatic heterocycles. The predicted octanol–water partition coefficient (Wildman–Crippen LogP) is 6.94. The fourth-order valence-electron chi connectivity index (χ4n) is 4.68. The Kier molecular flexibility index (Phi) is 9.79. The number of hydrogen-bond acceptors (Lipinski definition) is 9. The molecule has 1 N–H and O–H groups in total. The van der Waals surface area contributed by atoms with Crippen molar-refractivity contribution in [3.8, 4) is 34.3 Å². The number of carboxylic acids is 1. The van der Waals surface area contributed by atoms with Gasteiger partial charge in [0.1, 0.15) is 24.7 Å². The summed E-state index contributed by atoms with van der Waals surface area (Å²) in [6, 6.07) is 37.5. The van der Waals surface area contributed by atoms with Gasteiger partial charge in [0, 0.05) is 12.4 Å². The molecule has 0 amide bonds. The van der Waals surface area contributed by atoms with E-state index in [2.05, 4.69) is 25.1 Å². The van der Waals surface area contributed by atoms with E-state index in [1.54, 1.807) is 12.4 Å². The lowest BCUT2D eigenvalue weighted by Crippen LogP contribution is -2.06. The molecular weight excluding hydrogens is 594 g/mol. The summed E-state index contributed by atoms with van der Waals surface area (Å²) in [7, 11) is 0. The molecule has 47 heavy (non-hydrogen) atoms. The lowest BCUT2D eigenvalue weighted by atomic mass is 10.0. The summed E-state index contributed by atoms with van der Waals surface area (Å²) in [5.74, 6) is 0.0600. The third kappa shape index (κ3) is 8.40. The van der Waals surface area contributed by atoms with Gasteiger partial charge in [-0.05, 0) is 83.9 Å². The summed E-state index contributed by atoms with van der Waals surface area (Å²) in [6.45, 7) is 0.542. The molecule has 10 heteroatoms. The monoisotopic (exact) mass is 623 g/mol. The van der Waals surface area contributed by atoms with E-state index in [1.165, 1.54) is 0 Å². The van der Waals surface area contributed by atoms with Crippen molar-refractivity contribution in [2.75, 3.05) is 0 Å². The maximum absolute atomic E-state index is 11.0. The zero-order valence-electron chi connectivity index (χ0n) is 25.1. The second-order valence-corrected chi connectivity index (χ2v) is 10.2. The molecule has 0 unspecified atom stereocenters. The highest BCUT2D eigenvalue weighted by atomic mass is 16.6. The smallest absolute Gasteiger partial charge is 0.350 e. The number of ether oxygens (including phenoxy) is 2. The molecule has 0 saturated heterocycles. The number of hydrogen-bond donors (Lipinski definition) is 1. The van der Waals surface area contributed by atoms with Crippen molar-refractivity contribution in [3.05, 3.63) is 156 Å². The van der Waals surface area contributed by atoms with Gasteiger partial charge in [-0.3, -0.25) is 9.97 Å². The van der Waals surface area contributed by atoms with Crippen LogP contribution in [-0.4, -0.2) is 37.2 Å². The van der Waals surface area contributed by atoms with E-state index in [0.29, 0.717) is 17.7 Å². The molecule has 232 valence electrons. The van der Waals surface area contributed by atoms with Gasteiger partial charge in [0.2, 0.25) is 0 Å². The maximum Gasteiger partial charge on any atom is 0.350 e. The van der Waals surface area contributed by atoms with Gasteiger partial charge in [0.05, 0.1) is 34.2 Å². The Morgan fingerprint density at radius 2 is 1.09 bits per heavy atom. The van der Waals surface area contributed by atoms with E-state index in [9.17, 15) is 4.79 Å². The fraction of sp³-hybridized carbons (Fsp3) is 0.0811. The summed E-state index contributed by atoms with van der Waals surface area (Å²) >= 11 is 0. The van der Waals surface area contributed by atoms with Gasteiger partial charge < -0.3 is 19.4 Å². The van der Waals surface area contributed by atoms with Crippen LogP contribution in [0, 0.1) is 0 Å². The zero-order valence-corrected chi connectivity index (χ0v) is 25.1. The van der Waals surface area contributed by atoms with Crippen LogP contribution in [0.15, 0.2) is 139 Å². The van der Waals surface area contributed by atoms with Crippen molar-refractivity contribution in [3.63, 3.8) is 0 Å². The molecular formula is C37H29N5O5. The Hall–Kier alpha value is -6.42. The lowest BCUT2D eigenvalue weighted by Gasteiger charge is -2.17. The average molecular weight is 624 g/mol. The van der Waals surface area contributed by atoms with Crippen LogP contribution in [0.4, 0.5) is 0 Å². The number of oxime groups is 1. The Morgan fingerprint density at radius 3 is 1.51 bits per heavy atom. The molecule has 0 bridgehead atoms. The summed E-state index contributed by atoms with van der Waals surface area (Å²) in [4.78, 5) is 34.7. The van der Waals surface area contributed by atoms with Crippen LogP contribution in [0.2, 0.25) is 0 Å². The van der Waals surface area contributed by atoms with E-state index < -0.39 is 12.1 Å². The molecule has 0 fully saturated rings. The number of carboxylic acid groups (broad SMARTS) is 1. The Balaban J connectivity index is 1.11. The van der Waals surface area contributed by atoms with Crippen LogP contribution in [0.5, 0.6) is 11.5 Å². The maximum atomic E-state index is 11.0. The Morgan fingerprint density at radius 1 is 0.617 bits per heavy atom. The molecule has 4 aromatic heterocycles. The van der Waals surface area contributed by atoms with Gasteiger partial charge in [-0.1, -0.05) is 53.7 Å². The third-order valence-corrected chi connectivity index (χ3v) is 6.94. The first-order valence-electron chi connectivity index (χ1n) is 14.7. The van der Waals surface area contributed by atoms with Crippen LogP contribution >= 0.6 is 0 Å². The molecule has 6 aromatic rings. The Labute approximate surface area is 271 Å². The van der Waals surface area contributed by atoms with Crippen LogP contribution in [0.3, 0.4) is 0 Å². The fourth-order valence-corrected chi connectivity index (χ4v) is 4.68. The number of aliphatic carboxylic acids is 1. The van der Waals surface area contributed by atoms with E-state index in [1.807, 2.05) is 121 Å². The van der Waals surface area contributed by atoms with Crippen LogP contribution in [0.25, 0.3) is 22.8 Å². The van der Waals surface area contributed by atoms with Crippen LogP contribution < -0.4 is 9.47 Å². The summed E-state index contributed by atoms with van der Waals surface area (Å²) in [5, 5.41) is 12.7. The molecule has 0 atom stereocenters. The predicted molar refractivity (Wildman–Crippen MR) is 176 cm³/mol. The highest BCUT2D eigenvalue weighted by molar-refractivity contribution is 6.21. The van der Waals surface area contributed by atoms with Crippen molar-refractivity contribution in [2.45, 2.75) is 19.3 Å². The molecule has 2 aromatic carbocycles. The normalized spacial score (nSPS) is 11.0. The zero-order chi connectivity index (χ0) is 32.3. The van der Waals surface area contributed by atoms with Gasteiger partial charge >= 0.3 is 5.97 Å². The van der Waals surface area contributed by atoms with Gasteiger partial charge in [0.15, 0.2) is 12.3 Å². The van der Waals surface area contributed by atoms with Crippen molar-refractivity contribution in [2.24, 2.45) is 5.16 Å². The van der Waals surface area contributed by atoms with Crippen molar-refractivity contribution in [1.82, 2.24) is 19.9 Å². The quantitative estimate of drug-likeness (QED) is 0.107. The highest BCUT2D eigenvalue weighted by Gasteiger charge is 2.17. The van der Waals surface area contributed by atoms with Gasteiger partial charge in [-0.15, -0.1) is 0 Å². The number of benzene rings is 2. The standard InChI is InChI=1S/C37H29N5O5/c43-36(44)23-40-47-37(26-13-17-30(18-14-26)45-24-28-7-5-11-34(41-28)32-9-1-3-21-38-32)27-15-19-31(20-16-27)46-25-29-8-6-12-35(42-29)33-10-2-4-22-39-33/h1-23,37H,24-25H2,(H,43,44). The van der Waals surface area contributed by atoms with Gasteiger partial charge in [-0.2, -0.15) is 0 Å². The number of aromatic nitrogens is 4. The first-order valence-corrected chi connectivity index (χ1v) is 14.7. The van der Waals surface area contributed by atoms with Crippen LogP contribution in [-0.2, 0) is 22.8 Å². The van der Waals surface area contributed by atoms with E-state index >= 15 is 0 Å². The van der Waals surface area contributed by atoms with Crippen molar-refractivity contribution >= 4 is 12.2 Å². The topological polar surface area (TPSA) is 129 Å². The SMILES string of the molecule is O=C(O)C=NOC(c1ccc(OCc2cccc(-c3ccccn3)n2)cc1)c1ccc(OCc2cccc(-c3ccccn3)n2)cc1. The molecule has 0 radical (unpaired) electrons. The second-order valence-electron chi connectivity index (χ2n) is 10.2. The average Bonchev–Trinajstić information content (AvgIpc) is 3.13. The minimum absolute atomic E-state index is 0.271. The molecule has 6 rings (SSSR count). The third-order valence-electron chi connectivity index (χ3n) is 6.94. The first kappa shape index (κ1) is 30.6. The molecule has 10 nitrogen and oxygen atoms in total. The van der Waals surface area contributed by atoms with Crippen LogP contribution in [0.1, 0.15) is 28.6 Å². The largest absolute Gasteiger partial charge is 0.487 e. The molecule has 4 heterocycles. The minimum Gasteiger partial charge on any atom is -0.487 e. The van der Waals surface area contributed by atoms with E-state index in [0.717, 1.165) is 45.3 Å². The molecule has 0 aliphatic carbocycles. The minimum atomic E-state index is -1.21. The number of carbonyl (C=O) groups is 1. The lowest BCUT2D eigenvalue weighted by molar-refractivity contribution is -0.129. The Bertz CT molecular complexity index is 1810. The molecule has 0 saturated carbocycles. The van der Waals surface area contributed by atoms with E-state index in [4.69, 9.17) is 19.4 Å². The highest BCUT2D eigenvalue weighted by Crippen LogP contribution is 2.30. The first-order chi connectivity index (χ1) is 23.1. The summed E-state index contributed by atoms with van der Waals surface area (Å²) in [6.07, 6.45) is 3.50. The summed E-state index contributed by atoms with van der Waals surface area (Å²) in [5.41, 5.74) is 6.15. The number of pyridine rings is 4. The summed E-state index contributed by atoms with van der Waals surface area (Å²) < 4.78 is 12.0. The number of nitrogens with zero attached hydrogens (tertiary/aromatic N) is 5. The van der Waals surface area contributed by atoms with E-state index in [-0.39, 0.29) is 13.2 Å². The molecule has 0 spiro atoms. The van der Waals surface area contributed by atoms with Gasteiger partial charge in [0.25, 0.3) is 0 Å².